The van der Waals surface area contributed by atoms with E-state index >= 15 is 0 Å². The minimum Gasteiger partial charge on any atom is -0.496 e. The van der Waals surface area contributed by atoms with Crippen molar-refractivity contribution in [3.8, 4) is 11.5 Å². The summed E-state index contributed by atoms with van der Waals surface area (Å²) in [7, 11) is 3.09. The summed E-state index contributed by atoms with van der Waals surface area (Å²) in [5, 5.41) is 3.66. The van der Waals surface area contributed by atoms with Crippen LogP contribution in [0.15, 0.2) is 21.7 Å². The summed E-state index contributed by atoms with van der Waals surface area (Å²) in [5.74, 6) is 1.21. The van der Waals surface area contributed by atoms with Crippen molar-refractivity contribution in [3.05, 3.63) is 22.2 Å². The molecule has 0 unspecified atom stereocenters. The maximum atomic E-state index is 10.4. The average Bonchev–Trinajstić information content (AvgIpc) is 2.29. The molecule has 0 spiro atoms. The van der Waals surface area contributed by atoms with Crippen molar-refractivity contribution in [2.45, 2.75) is 0 Å². The first kappa shape index (κ1) is 13.3. The monoisotopic (exact) mass is 301 g/mol. The van der Waals surface area contributed by atoms with Crippen LogP contribution in [0.2, 0.25) is 0 Å². The number of hydrogen-bond donors (Lipinski definition) is 2. The molecule has 0 atom stereocenters. The molecule has 0 heterocycles. The van der Waals surface area contributed by atoms with Crippen LogP contribution in [0.3, 0.4) is 0 Å². The third kappa shape index (κ3) is 3.63. The zero-order valence-corrected chi connectivity index (χ0v) is 10.9. The number of nitrogens with one attached hydrogen (secondary N) is 1. The fraction of sp³-hybridized carbons (Fsp3) is 0.200. The van der Waals surface area contributed by atoms with Crippen molar-refractivity contribution in [3.63, 3.8) is 0 Å². The third-order valence-electron chi connectivity index (χ3n) is 1.88. The van der Waals surface area contributed by atoms with Crippen molar-refractivity contribution in [2.24, 2.45) is 10.8 Å². The topological polar surface area (TPSA) is 85.9 Å². The van der Waals surface area contributed by atoms with Crippen LogP contribution in [-0.4, -0.2) is 26.5 Å². The number of carbonyl (C=O) groups is 1. The minimum atomic E-state index is -0.729. The van der Waals surface area contributed by atoms with Gasteiger partial charge in [0.2, 0.25) is 0 Å². The number of nitrogens with two attached hydrogens (primary N) is 1. The van der Waals surface area contributed by atoms with E-state index < -0.39 is 6.03 Å². The quantitative estimate of drug-likeness (QED) is 0.652. The van der Waals surface area contributed by atoms with Gasteiger partial charge in [-0.15, -0.1) is 0 Å². The predicted octanol–water partition coefficient (Wildman–Crippen LogP) is 1.47. The smallest absolute Gasteiger partial charge is 0.332 e. The van der Waals surface area contributed by atoms with Crippen LogP contribution in [0.1, 0.15) is 5.56 Å². The molecule has 0 saturated heterocycles. The Balaban J connectivity index is 3.02. The number of halogens is 1. The van der Waals surface area contributed by atoms with E-state index in [4.69, 9.17) is 15.2 Å². The molecule has 2 amide bonds. The number of hydrogen-bond acceptors (Lipinski definition) is 4. The summed E-state index contributed by atoms with van der Waals surface area (Å²) in [5.41, 5.74) is 7.65. The molecule has 7 heteroatoms. The molecule has 0 aliphatic carbocycles. The molecule has 0 saturated carbocycles. The molecule has 3 N–H and O–H groups in total. The van der Waals surface area contributed by atoms with Crippen LogP contribution in [0.5, 0.6) is 11.5 Å². The Morgan fingerprint density at radius 1 is 1.41 bits per heavy atom. The van der Waals surface area contributed by atoms with E-state index in [9.17, 15) is 4.79 Å². The van der Waals surface area contributed by atoms with Gasteiger partial charge in [0.05, 0.1) is 24.9 Å². The molecule has 92 valence electrons. The van der Waals surface area contributed by atoms with Gasteiger partial charge in [0.25, 0.3) is 0 Å². The number of hydrazone groups is 1. The molecule has 1 aromatic carbocycles. The number of methoxy groups -OCH3 is 2. The Labute approximate surface area is 107 Å². The van der Waals surface area contributed by atoms with Gasteiger partial charge in [-0.3, -0.25) is 0 Å². The SMILES string of the molecule is COc1cc(OC)c(/C=N\NC(N)=O)cc1Br. The van der Waals surface area contributed by atoms with Gasteiger partial charge in [0.1, 0.15) is 11.5 Å². The number of primary amides is 1. The number of benzene rings is 1. The predicted molar refractivity (Wildman–Crippen MR) is 67.6 cm³/mol. The van der Waals surface area contributed by atoms with Crippen LogP contribution in [0.25, 0.3) is 0 Å². The average molecular weight is 302 g/mol. The molecular formula is C10H12BrN3O3. The number of nitrogens with zero attached hydrogens (tertiary/aromatic N) is 1. The Morgan fingerprint density at radius 3 is 2.59 bits per heavy atom. The van der Waals surface area contributed by atoms with Crippen molar-refractivity contribution in [1.82, 2.24) is 5.43 Å². The Bertz CT molecular complexity index is 449. The van der Waals surface area contributed by atoms with Gasteiger partial charge in [-0.25, -0.2) is 10.2 Å². The molecule has 1 aromatic rings. The van der Waals surface area contributed by atoms with Crippen LogP contribution in [0, 0.1) is 0 Å². The molecule has 0 bridgehead atoms. The second-order valence-corrected chi connectivity index (χ2v) is 3.82. The maximum absolute atomic E-state index is 10.4. The Hall–Kier alpha value is -1.76. The van der Waals surface area contributed by atoms with Gasteiger partial charge >= 0.3 is 6.03 Å². The van der Waals surface area contributed by atoms with Gasteiger partial charge in [0.15, 0.2) is 0 Å². The standard InChI is InChI=1S/C10H12BrN3O3/c1-16-8-4-9(17-2)7(11)3-6(8)5-13-14-10(12)15/h3-5H,1-2H3,(H3,12,14,15)/b13-5-. The van der Waals surface area contributed by atoms with Gasteiger partial charge in [0, 0.05) is 11.6 Å². The maximum Gasteiger partial charge on any atom is 0.332 e. The summed E-state index contributed by atoms with van der Waals surface area (Å²) >= 11 is 3.34. The molecule has 0 aromatic heterocycles. The number of carbonyl (C=O) groups excluding carboxylic acids is 1. The molecule has 6 nitrogen and oxygen atoms in total. The van der Waals surface area contributed by atoms with E-state index in [1.165, 1.54) is 13.3 Å². The van der Waals surface area contributed by atoms with E-state index in [1.54, 1.807) is 19.2 Å². The van der Waals surface area contributed by atoms with Crippen molar-refractivity contribution < 1.29 is 14.3 Å². The second kappa shape index (κ2) is 6.09. The fourth-order valence-electron chi connectivity index (χ4n) is 1.15. The number of ether oxygens (including phenoxy) is 2. The highest BCUT2D eigenvalue weighted by molar-refractivity contribution is 9.10. The zero-order chi connectivity index (χ0) is 12.8. The fourth-order valence-corrected chi connectivity index (χ4v) is 1.67. The largest absolute Gasteiger partial charge is 0.496 e. The van der Waals surface area contributed by atoms with Crippen LogP contribution < -0.4 is 20.6 Å². The van der Waals surface area contributed by atoms with E-state index in [2.05, 4.69) is 26.5 Å². The van der Waals surface area contributed by atoms with Gasteiger partial charge in [-0.05, 0) is 22.0 Å². The summed E-state index contributed by atoms with van der Waals surface area (Å²) in [6.07, 6.45) is 1.42. The van der Waals surface area contributed by atoms with Crippen LogP contribution >= 0.6 is 15.9 Å². The van der Waals surface area contributed by atoms with E-state index in [0.29, 0.717) is 17.1 Å². The summed E-state index contributed by atoms with van der Waals surface area (Å²) < 4.78 is 11.0. The van der Waals surface area contributed by atoms with Gasteiger partial charge < -0.3 is 15.2 Å². The Morgan fingerprint density at radius 2 is 2.06 bits per heavy atom. The first-order valence-electron chi connectivity index (χ1n) is 4.58. The molecule has 17 heavy (non-hydrogen) atoms. The summed E-state index contributed by atoms with van der Waals surface area (Å²) in [4.78, 5) is 10.4. The molecule has 0 aliphatic heterocycles. The lowest BCUT2D eigenvalue weighted by Gasteiger charge is -2.09. The molecule has 0 radical (unpaired) electrons. The highest BCUT2D eigenvalue weighted by Gasteiger charge is 2.07. The van der Waals surface area contributed by atoms with Crippen molar-refractivity contribution in [1.29, 1.82) is 0 Å². The normalized spacial score (nSPS) is 10.3. The van der Waals surface area contributed by atoms with Crippen LogP contribution in [0.4, 0.5) is 4.79 Å². The van der Waals surface area contributed by atoms with E-state index in [1.807, 2.05) is 0 Å². The summed E-state index contributed by atoms with van der Waals surface area (Å²) in [6.45, 7) is 0. The van der Waals surface area contributed by atoms with E-state index in [-0.39, 0.29) is 0 Å². The third-order valence-corrected chi connectivity index (χ3v) is 2.50. The number of amides is 2. The molecule has 1 rings (SSSR count). The number of urea groups is 1. The molecular weight excluding hydrogens is 290 g/mol. The highest BCUT2D eigenvalue weighted by Crippen LogP contribution is 2.31. The lowest BCUT2D eigenvalue weighted by molar-refractivity contribution is 0.249. The first-order valence-corrected chi connectivity index (χ1v) is 5.37. The lowest BCUT2D eigenvalue weighted by atomic mass is 10.2. The second-order valence-electron chi connectivity index (χ2n) is 2.96. The van der Waals surface area contributed by atoms with Crippen molar-refractivity contribution in [2.75, 3.05) is 14.2 Å². The van der Waals surface area contributed by atoms with Crippen LogP contribution in [-0.2, 0) is 0 Å². The van der Waals surface area contributed by atoms with Crippen molar-refractivity contribution >= 4 is 28.2 Å². The van der Waals surface area contributed by atoms with Gasteiger partial charge in [-0.2, -0.15) is 5.10 Å². The first-order chi connectivity index (χ1) is 8.08. The minimum absolute atomic E-state index is 0.570. The Kier molecular flexibility index (Phi) is 4.77. The lowest BCUT2D eigenvalue weighted by Crippen LogP contribution is -2.24. The summed E-state index contributed by atoms with van der Waals surface area (Å²) in [6, 6.07) is 2.73. The molecule has 0 fully saturated rings. The van der Waals surface area contributed by atoms with E-state index in [0.717, 1.165) is 4.47 Å². The number of rotatable bonds is 4. The highest BCUT2D eigenvalue weighted by atomic mass is 79.9. The zero-order valence-electron chi connectivity index (χ0n) is 9.36. The molecule has 0 aliphatic rings. The van der Waals surface area contributed by atoms with Gasteiger partial charge in [-0.1, -0.05) is 0 Å².